The van der Waals surface area contributed by atoms with E-state index in [9.17, 15) is 0 Å². The molecule has 1 atom stereocenters. The lowest BCUT2D eigenvalue weighted by Crippen LogP contribution is -2.08. The molecule has 1 unspecified atom stereocenters. The van der Waals surface area contributed by atoms with E-state index in [1.807, 2.05) is 24.3 Å². The topological polar surface area (TPSA) is 56.0 Å². The summed E-state index contributed by atoms with van der Waals surface area (Å²) in [5.41, 5.74) is 6.26. The van der Waals surface area contributed by atoms with Crippen LogP contribution in [-0.2, 0) is 0 Å². The van der Waals surface area contributed by atoms with Crippen molar-refractivity contribution in [3.05, 3.63) is 47.9 Å². The summed E-state index contributed by atoms with van der Waals surface area (Å²) in [4.78, 5) is 0. The van der Waals surface area contributed by atoms with E-state index in [0.29, 0.717) is 11.5 Å². The Morgan fingerprint density at radius 1 is 1.20 bits per heavy atom. The van der Waals surface area contributed by atoms with Crippen LogP contribution in [0.25, 0.3) is 0 Å². The number of ether oxygens (including phenoxy) is 2. The van der Waals surface area contributed by atoms with Gasteiger partial charge in [0.1, 0.15) is 0 Å². The third-order valence-corrected chi connectivity index (χ3v) is 3.42. The summed E-state index contributed by atoms with van der Waals surface area (Å²) in [7, 11) is 3.26. The molecule has 0 fully saturated rings. The summed E-state index contributed by atoms with van der Waals surface area (Å²) in [5.74, 6) is 1.42. The van der Waals surface area contributed by atoms with Gasteiger partial charge in [-0.05, 0) is 24.3 Å². The van der Waals surface area contributed by atoms with E-state index in [1.165, 1.54) is 0 Å². The van der Waals surface area contributed by atoms with Gasteiger partial charge in [-0.3, -0.25) is 0 Å². The lowest BCUT2D eigenvalue weighted by molar-refractivity contribution is 0.355. The third kappa shape index (κ3) is 2.22. The Hall–Kier alpha value is -2.43. The smallest absolute Gasteiger partial charge is 0.161 e. The van der Waals surface area contributed by atoms with E-state index in [4.69, 9.17) is 13.9 Å². The molecule has 0 saturated heterocycles. The molecule has 5 heteroatoms. The summed E-state index contributed by atoms with van der Waals surface area (Å²) in [6.07, 6.45) is 4.23. The molecule has 1 aromatic carbocycles. The first-order chi connectivity index (χ1) is 9.81. The maximum atomic E-state index is 5.32. The highest BCUT2D eigenvalue weighted by Crippen LogP contribution is 2.31. The monoisotopic (exact) mass is 272 g/mol. The van der Waals surface area contributed by atoms with Gasteiger partial charge in [-0.2, -0.15) is 5.10 Å². The van der Waals surface area contributed by atoms with Crippen LogP contribution in [0, 0.1) is 0 Å². The van der Waals surface area contributed by atoms with E-state index in [2.05, 4.69) is 10.5 Å². The number of hydrogen-bond acceptors (Lipinski definition) is 5. The molecule has 0 aliphatic carbocycles. The van der Waals surface area contributed by atoms with Gasteiger partial charge in [0.2, 0.25) is 0 Å². The van der Waals surface area contributed by atoms with Crippen LogP contribution in [0.1, 0.15) is 23.6 Å². The molecule has 1 N–H and O–H groups in total. The number of nitrogens with one attached hydrogen (secondary N) is 1. The Balaban J connectivity index is 1.81. The van der Waals surface area contributed by atoms with Crippen LogP contribution in [0.15, 0.2) is 46.3 Å². The van der Waals surface area contributed by atoms with Crippen molar-refractivity contribution in [2.45, 2.75) is 12.5 Å². The summed E-state index contributed by atoms with van der Waals surface area (Å²) in [6, 6.07) is 7.93. The molecule has 2 heterocycles. The van der Waals surface area contributed by atoms with Crippen LogP contribution in [-0.4, -0.2) is 19.9 Å². The summed E-state index contributed by atoms with van der Waals surface area (Å²) >= 11 is 0. The Labute approximate surface area is 117 Å². The van der Waals surface area contributed by atoms with Crippen molar-refractivity contribution in [1.29, 1.82) is 0 Å². The maximum absolute atomic E-state index is 5.32. The van der Waals surface area contributed by atoms with Crippen molar-refractivity contribution in [2.24, 2.45) is 5.10 Å². The summed E-state index contributed by atoms with van der Waals surface area (Å²) in [6.45, 7) is 0. The van der Waals surface area contributed by atoms with Crippen molar-refractivity contribution in [1.82, 2.24) is 5.43 Å². The minimum Gasteiger partial charge on any atom is -0.493 e. The van der Waals surface area contributed by atoms with Gasteiger partial charge in [0.05, 0.1) is 38.5 Å². The molecule has 0 bridgehead atoms. The van der Waals surface area contributed by atoms with E-state index in [-0.39, 0.29) is 6.04 Å². The fourth-order valence-electron chi connectivity index (χ4n) is 2.30. The standard InChI is InChI=1S/C15H16N2O3/c1-18-14-4-3-10(7-15(14)19-2)12-8-13(17-16-12)11-5-6-20-9-11/h3-7,9,13,17H,8H2,1-2H3. The molecule has 5 nitrogen and oxygen atoms in total. The zero-order valence-corrected chi connectivity index (χ0v) is 11.4. The molecule has 0 radical (unpaired) electrons. The van der Waals surface area contributed by atoms with E-state index >= 15 is 0 Å². The van der Waals surface area contributed by atoms with Crippen LogP contribution < -0.4 is 14.9 Å². The second kappa shape index (κ2) is 5.28. The minimum absolute atomic E-state index is 0.164. The van der Waals surface area contributed by atoms with Crippen molar-refractivity contribution >= 4 is 5.71 Å². The highest BCUT2D eigenvalue weighted by Gasteiger charge is 2.22. The normalized spacial score (nSPS) is 17.5. The van der Waals surface area contributed by atoms with Crippen molar-refractivity contribution in [3.63, 3.8) is 0 Å². The summed E-state index contributed by atoms with van der Waals surface area (Å²) in [5, 5.41) is 4.40. The number of hydrazone groups is 1. The third-order valence-electron chi connectivity index (χ3n) is 3.42. The Morgan fingerprint density at radius 3 is 2.75 bits per heavy atom. The Bertz CT molecular complexity index is 620. The van der Waals surface area contributed by atoms with Crippen molar-refractivity contribution < 1.29 is 13.9 Å². The highest BCUT2D eigenvalue weighted by atomic mass is 16.5. The van der Waals surface area contributed by atoms with E-state index in [1.54, 1.807) is 26.7 Å². The van der Waals surface area contributed by atoms with Gasteiger partial charge in [0.25, 0.3) is 0 Å². The average molecular weight is 272 g/mol. The zero-order chi connectivity index (χ0) is 13.9. The number of benzene rings is 1. The zero-order valence-electron chi connectivity index (χ0n) is 11.4. The molecule has 1 aromatic heterocycles. The number of rotatable bonds is 4. The molecule has 2 aromatic rings. The molecule has 20 heavy (non-hydrogen) atoms. The predicted molar refractivity (Wildman–Crippen MR) is 75.3 cm³/mol. The van der Waals surface area contributed by atoms with E-state index < -0.39 is 0 Å². The van der Waals surface area contributed by atoms with Gasteiger partial charge in [0.15, 0.2) is 11.5 Å². The highest BCUT2D eigenvalue weighted by molar-refractivity contribution is 6.02. The van der Waals surface area contributed by atoms with Crippen LogP contribution in [0.4, 0.5) is 0 Å². The van der Waals surface area contributed by atoms with Crippen LogP contribution in [0.3, 0.4) is 0 Å². The first kappa shape index (κ1) is 12.6. The average Bonchev–Trinajstić information content (AvgIpc) is 3.16. The minimum atomic E-state index is 0.164. The number of hydrogen-bond donors (Lipinski definition) is 1. The molecule has 0 saturated carbocycles. The van der Waals surface area contributed by atoms with E-state index in [0.717, 1.165) is 23.3 Å². The lowest BCUT2D eigenvalue weighted by atomic mass is 10.0. The molecule has 3 rings (SSSR count). The van der Waals surface area contributed by atoms with Gasteiger partial charge in [-0.15, -0.1) is 0 Å². The fourth-order valence-corrected chi connectivity index (χ4v) is 2.30. The predicted octanol–water partition coefficient (Wildman–Crippen LogP) is 2.74. The number of methoxy groups -OCH3 is 2. The molecular formula is C15H16N2O3. The lowest BCUT2D eigenvalue weighted by Gasteiger charge is -2.09. The maximum Gasteiger partial charge on any atom is 0.161 e. The van der Waals surface area contributed by atoms with Gasteiger partial charge in [0, 0.05) is 17.5 Å². The molecule has 1 aliphatic rings. The van der Waals surface area contributed by atoms with Gasteiger partial charge in [-0.1, -0.05) is 0 Å². The second-order valence-electron chi connectivity index (χ2n) is 4.57. The van der Waals surface area contributed by atoms with Gasteiger partial charge in [-0.25, -0.2) is 0 Å². The van der Waals surface area contributed by atoms with Crippen molar-refractivity contribution in [2.75, 3.05) is 14.2 Å². The first-order valence-corrected chi connectivity index (χ1v) is 6.38. The SMILES string of the molecule is COc1ccc(C2=NNC(c3ccoc3)C2)cc1OC. The van der Waals surface area contributed by atoms with Crippen molar-refractivity contribution in [3.8, 4) is 11.5 Å². The molecule has 0 amide bonds. The molecular weight excluding hydrogens is 256 g/mol. The van der Waals surface area contributed by atoms with Gasteiger partial charge < -0.3 is 19.3 Å². The Kier molecular flexibility index (Phi) is 3.33. The first-order valence-electron chi connectivity index (χ1n) is 6.38. The second-order valence-corrected chi connectivity index (χ2v) is 4.57. The van der Waals surface area contributed by atoms with Crippen LogP contribution in [0.2, 0.25) is 0 Å². The summed E-state index contributed by atoms with van der Waals surface area (Å²) < 4.78 is 15.7. The Morgan fingerprint density at radius 2 is 2.05 bits per heavy atom. The molecule has 1 aliphatic heterocycles. The number of furan rings is 1. The fraction of sp³-hybridized carbons (Fsp3) is 0.267. The largest absolute Gasteiger partial charge is 0.493 e. The molecule has 0 spiro atoms. The number of nitrogens with zero attached hydrogens (tertiary/aromatic N) is 1. The van der Waals surface area contributed by atoms with Crippen LogP contribution in [0.5, 0.6) is 11.5 Å². The van der Waals surface area contributed by atoms with Crippen LogP contribution >= 0.6 is 0 Å². The van der Waals surface area contributed by atoms with Gasteiger partial charge >= 0.3 is 0 Å². The quantitative estimate of drug-likeness (QED) is 0.929. The molecule has 104 valence electrons.